The average molecular weight is 333 g/mol. The Kier molecular flexibility index (Phi) is 5.37. The van der Waals surface area contributed by atoms with Gasteiger partial charge >= 0.3 is 6.03 Å². The van der Waals surface area contributed by atoms with Crippen LogP contribution in [0.25, 0.3) is 0 Å². The van der Waals surface area contributed by atoms with Crippen molar-refractivity contribution in [3.63, 3.8) is 0 Å². The number of ether oxygens (including phenoxy) is 1. The second-order valence-electron chi connectivity index (χ2n) is 6.84. The van der Waals surface area contributed by atoms with Crippen molar-refractivity contribution in [3.05, 3.63) is 12.4 Å². The number of amides is 2. The second kappa shape index (κ2) is 7.68. The topological polar surface area (TPSA) is 70.6 Å². The molecule has 1 atom stereocenters. The third kappa shape index (κ3) is 4.07. The highest BCUT2D eigenvalue weighted by Crippen LogP contribution is 2.24. The maximum atomic E-state index is 12.4. The van der Waals surface area contributed by atoms with Gasteiger partial charge in [0.1, 0.15) is 6.10 Å². The Labute approximate surface area is 143 Å². The Morgan fingerprint density at radius 3 is 2.71 bits per heavy atom. The van der Waals surface area contributed by atoms with Crippen LogP contribution in [0.5, 0.6) is 5.88 Å². The predicted octanol–water partition coefficient (Wildman–Crippen LogP) is 2.04. The summed E-state index contributed by atoms with van der Waals surface area (Å²) < 4.78 is 6.00. The number of aromatic nitrogens is 2. The van der Waals surface area contributed by atoms with Gasteiger partial charge in [0, 0.05) is 45.5 Å². The first-order chi connectivity index (χ1) is 11.6. The molecule has 1 aromatic rings. The lowest BCUT2D eigenvalue weighted by atomic mass is 9.96. The van der Waals surface area contributed by atoms with Gasteiger partial charge in [0.25, 0.3) is 5.88 Å². The maximum absolute atomic E-state index is 12.4. The molecule has 1 saturated heterocycles. The Hall–Kier alpha value is -2.05. The standard InChI is InChI=1S/C17H27N5O2/c1-21(2)15-16(19-10-9-18-15)24-14-8-11-22(12-14)17(23)20-13-6-4-3-5-7-13/h9-10,13-14H,3-8,11-12H2,1-2H3,(H,20,23). The van der Waals surface area contributed by atoms with E-state index in [1.807, 2.05) is 23.9 Å². The summed E-state index contributed by atoms with van der Waals surface area (Å²) in [5.41, 5.74) is 0. The minimum absolute atomic E-state index is 0.0301. The van der Waals surface area contributed by atoms with Crippen LogP contribution in [0.4, 0.5) is 10.6 Å². The lowest BCUT2D eigenvalue weighted by Crippen LogP contribution is -2.45. The van der Waals surface area contributed by atoms with Crippen molar-refractivity contribution in [2.24, 2.45) is 0 Å². The molecule has 24 heavy (non-hydrogen) atoms. The zero-order chi connectivity index (χ0) is 16.9. The molecule has 1 N–H and O–H groups in total. The number of nitrogens with zero attached hydrogens (tertiary/aromatic N) is 4. The normalized spacial score (nSPS) is 21.6. The summed E-state index contributed by atoms with van der Waals surface area (Å²) in [5, 5.41) is 3.17. The van der Waals surface area contributed by atoms with E-state index in [1.165, 1.54) is 19.3 Å². The maximum Gasteiger partial charge on any atom is 0.317 e. The van der Waals surface area contributed by atoms with E-state index in [1.54, 1.807) is 12.4 Å². The molecule has 0 bridgehead atoms. The van der Waals surface area contributed by atoms with Crippen molar-refractivity contribution in [2.45, 2.75) is 50.7 Å². The van der Waals surface area contributed by atoms with Crippen LogP contribution in [-0.2, 0) is 0 Å². The molecule has 2 fully saturated rings. The number of likely N-dealkylation sites (tertiary alicyclic amines) is 1. The van der Waals surface area contributed by atoms with Crippen molar-refractivity contribution >= 4 is 11.8 Å². The Balaban J connectivity index is 1.53. The summed E-state index contributed by atoms with van der Waals surface area (Å²) in [5.74, 6) is 1.24. The number of carbonyl (C=O) groups excluding carboxylic acids is 1. The van der Waals surface area contributed by atoms with E-state index < -0.39 is 0 Å². The fourth-order valence-electron chi connectivity index (χ4n) is 3.39. The van der Waals surface area contributed by atoms with Crippen LogP contribution in [0.1, 0.15) is 38.5 Å². The molecule has 3 rings (SSSR count). The highest BCUT2D eigenvalue weighted by atomic mass is 16.5. The fourth-order valence-corrected chi connectivity index (χ4v) is 3.39. The number of anilines is 1. The first kappa shape index (κ1) is 16.8. The van der Waals surface area contributed by atoms with E-state index in [2.05, 4.69) is 15.3 Å². The van der Waals surface area contributed by atoms with Crippen LogP contribution in [0.2, 0.25) is 0 Å². The molecule has 1 unspecified atom stereocenters. The molecule has 1 aliphatic heterocycles. The molecule has 2 aliphatic rings. The van der Waals surface area contributed by atoms with E-state index in [-0.39, 0.29) is 12.1 Å². The minimum Gasteiger partial charge on any atom is -0.470 e. The number of hydrogen-bond donors (Lipinski definition) is 1. The third-order valence-corrected chi connectivity index (χ3v) is 4.71. The van der Waals surface area contributed by atoms with Crippen molar-refractivity contribution in [2.75, 3.05) is 32.1 Å². The number of urea groups is 1. The van der Waals surface area contributed by atoms with Gasteiger partial charge in [-0.25, -0.2) is 14.8 Å². The van der Waals surface area contributed by atoms with Crippen LogP contribution in [0.15, 0.2) is 12.4 Å². The molecular formula is C17H27N5O2. The molecular weight excluding hydrogens is 306 g/mol. The van der Waals surface area contributed by atoms with Gasteiger partial charge in [-0.15, -0.1) is 0 Å². The molecule has 0 spiro atoms. The Morgan fingerprint density at radius 1 is 1.21 bits per heavy atom. The molecule has 2 amide bonds. The van der Waals surface area contributed by atoms with Gasteiger partial charge in [0.2, 0.25) is 0 Å². The van der Waals surface area contributed by atoms with Crippen LogP contribution >= 0.6 is 0 Å². The second-order valence-corrected chi connectivity index (χ2v) is 6.84. The van der Waals surface area contributed by atoms with Gasteiger partial charge in [-0.05, 0) is 12.8 Å². The van der Waals surface area contributed by atoms with E-state index in [4.69, 9.17) is 4.74 Å². The average Bonchev–Trinajstić information content (AvgIpc) is 3.05. The SMILES string of the molecule is CN(C)c1nccnc1OC1CCN(C(=O)NC2CCCCC2)C1. The van der Waals surface area contributed by atoms with E-state index >= 15 is 0 Å². The van der Waals surface area contributed by atoms with Crippen molar-refractivity contribution in [3.8, 4) is 5.88 Å². The van der Waals surface area contributed by atoms with Gasteiger partial charge in [0.15, 0.2) is 5.82 Å². The Bertz CT molecular complexity index is 560. The molecule has 1 saturated carbocycles. The molecule has 2 heterocycles. The number of hydrogen-bond acceptors (Lipinski definition) is 5. The van der Waals surface area contributed by atoms with Crippen molar-refractivity contribution < 1.29 is 9.53 Å². The van der Waals surface area contributed by atoms with Crippen LogP contribution in [0.3, 0.4) is 0 Å². The van der Waals surface area contributed by atoms with Crippen LogP contribution < -0.4 is 15.0 Å². The van der Waals surface area contributed by atoms with Crippen LogP contribution in [0, 0.1) is 0 Å². The van der Waals surface area contributed by atoms with Crippen molar-refractivity contribution in [1.82, 2.24) is 20.2 Å². The van der Waals surface area contributed by atoms with Gasteiger partial charge in [-0.2, -0.15) is 0 Å². The summed E-state index contributed by atoms with van der Waals surface area (Å²) in [6, 6.07) is 0.381. The number of nitrogens with one attached hydrogen (secondary N) is 1. The molecule has 1 aliphatic carbocycles. The summed E-state index contributed by atoms with van der Waals surface area (Å²) in [6.45, 7) is 1.32. The molecule has 7 heteroatoms. The zero-order valence-electron chi connectivity index (χ0n) is 14.6. The molecule has 7 nitrogen and oxygen atoms in total. The van der Waals surface area contributed by atoms with Gasteiger partial charge in [-0.1, -0.05) is 19.3 Å². The molecule has 1 aromatic heterocycles. The minimum atomic E-state index is -0.0301. The molecule has 0 radical (unpaired) electrons. The Morgan fingerprint density at radius 2 is 1.96 bits per heavy atom. The molecule has 0 aromatic carbocycles. The summed E-state index contributed by atoms with van der Waals surface area (Å²) >= 11 is 0. The van der Waals surface area contributed by atoms with E-state index in [0.29, 0.717) is 24.3 Å². The monoisotopic (exact) mass is 333 g/mol. The quantitative estimate of drug-likeness (QED) is 0.913. The van der Waals surface area contributed by atoms with Gasteiger partial charge in [0.05, 0.1) is 6.54 Å². The lowest BCUT2D eigenvalue weighted by molar-refractivity contribution is 0.179. The molecule has 132 valence electrons. The van der Waals surface area contributed by atoms with Gasteiger partial charge < -0.3 is 19.9 Å². The zero-order valence-corrected chi connectivity index (χ0v) is 14.6. The lowest BCUT2D eigenvalue weighted by Gasteiger charge is -2.26. The summed E-state index contributed by atoms with van der Waals surface area (Å²) in [7, 11) is 3.82. The summed E-state index contributed by atoms with van der Waals surface area (Å²) in [4.78, 5) is 24.7. The third-order valence-electron chi connectivity index (χ3n) is 4.71. The van der Waals surface area contributed by atoms with Crippen LogP contribution in [-0.4, -0.2) is 60.2 Å². The first-order valence-corrected chi connectivity index (χ1v) is 8.84. The largest absolute Gasteiger partial charge is 0.470 e. The van der Waals surface area contributed by atoms with E-state index in [9.17, 15) is 4.79 Å². The number of carbonyl (C=O) groups is 1. The smallest absolute Gasteiger partial charge is 0.317 e. The summed E-state index contributed by atoms with van der Waals surface area (Å²) in [6.07, 6.45) is 10.0. The van der Waals surface area contributed by atoms with Gasteiger partial charge in [-0.3, -0.25) is 0 Å². The highest BCUT2D eigenvalue weighted by Gasteiger charge is 2.30. The van der Waals surface area contributed by atoms with E-state index in [0.717, 1.165) is 25.8 Å². The highest BCUT2D eigenvalue weighted by molar-refractivity contribution is 5.74. The fraction of sp³-hybridized carbons (Fsp3) is 0.706. The van der Waals surface area contributed by atoms with Crippen molar-refractivity contribution in [1.29, 1.82) is 0 Å². The first-order valence-electron chi connectivity index (χ1n) is 8.84. The number of rotatable bonds is 4. The predicted molar refractivity (Wildman–Crippen MR) is 92.4 cm³/mol.